The maximum Gasteiger partial charge on any atom is 0.308 e. The molecule has 0 spiro atoms. The number of nitrogens with zero attached hydrogens (tertiary/aromatic N) is 2. The lowest BCUT2D eigenvalue weighted by Crippen LogP contribution is -2.26. The van der Waals surface area contributed by atoms with Crippen molar-refractivity contribution in [1.29, 1.82) is 0 Å². The van der Waals surface area contributed by atoms with Crippen LogP contribution in [0.5, 0.6) is 0 Å². The van der Waals surface area contributed by atoms with Gasteiger partial charge < -0.3 is 14.9 Å². The van der Waals surface area contributed by atoms with Gasteiger partial charge in [0.2, 0.25) is 5.91 Å². The van der Waals surface area contributed by atoms with E-state index in [1.807, 2.05) is 24.3 Å². The molecule has 1 aliphatic rings. The molecule has 1 aromatic rings. The van der Waals surface area contributed by atoms with Crippen molar-refractivity contribution in [2.45, 2.75) is 20.3 Å². The van der Waals surface area contributed by atoms with E-state index >= 15 is 0 Å². The molecule has 0 unspecified atom stereocenters. The summed E-state index contributed by atoms with van der Waals surface area (Å²) in [6, 6.07) is 7.72. The van der Waals surface area contributed by atoms with Gasteiger partial charge in [0.05, 0.1) is 5.92 Å². The Morgan fingerprint density at radius 3 is 2.35 bits per heavy atom. The highest BCUT2D eigenvalue weighted by Crippen LogP contribution is 2.27. The molecule has 1 fully saturated rings. The predicted octanol–water partition coefficient (Wildman–Crippen LogP) is 1.97. The first-order valence-electron chi connectivity index (χ1n) is 6.95. The smallest absolute Gasteiger partial charge is 0.308 e. The molecule has 20 heavy (non-hydrogen) atoms. The fourth-order valence-corrected chi connectivity index (χ4v) is 2.55. The van der Waals surface area contributed by atoms with Crippen LogP contribution in [0.3, 0.4) is 0 Å². The third kappa shape index (κ3) is 2.76. The van der Waals surface area contributed by atoms with E-state index in [9.17, 15) is 9.59 Å². The third-order valence-electron chi connectivity index (χ3n) is 3.76. The quantitative estimate of drug-likeness (QED) is 0.893. The number of amides is 1. The highest BCUT2D eigenvalue weighted by molar-refractivity contribution is 5.99. The molecule has 5 heteroatoms. The number of carboxylic acids is 1. The molecule has 1 aliphatic heterocycles. The molecule has 1 N–H and O–H groups in total. The Morgan fingerprint density at radius 2 is 1.90 bits per heavy atom. The van der Waals surface area contributed by atoms with Gasteiger partial charge in [0.25, 0.3) is 0 Å². The van der Waals surface area contributed by atoms with Crippen LogP contribution in [-0.2, 0) is 9.59 Å². The normalized spacial score (nSPS) is 18.4. The molecule has 0 saturated carbocycles. The molecule has 1 amide bonds. The minimum absolute atomic E-state index is 0.0904. The van der Waals surface area contributed by atoms with Crippen molar-refractivity contribution < 1.29 is 14.7 Å². The topological polar surface area (TPSA) is 60.9 Å². The van der Waals surface area contributed by atoms with Crippen LogP contribution in [0, 0.1) is 5.92 Å². The van der Waals surface area contributed by atoms with Gasteiger partial charge in [-0.25, -0.2) is 0 Å². The van der Waals surface area contributed by atoms with Crippen LogP contribution in [0.25, 0.3) is 0 Å². The number of rotatable bonds is 5. The summed E-state index contributed by atoms with van der Waals surface area (Å²) in [4.78, 5) is 26.6. The van der Waals surface area contributed by atoms with Gasteiger partial charge in [-0.2, -0.15) is 0 Å². The molecule has 0 aliphatic carbocycles. The molecule has 1 atom stereocenters. The van der Waals surface area contributed by atoms with Crippen molar-refractivity contribution in [3.8, 4) is 0 Å². The lowest BCUT2D eigenvalue weighted by Gasteiger charge is -2.22. The van der Waals surface area contributed by atoms with E-state index in [2.05, 4.69) is 18.7 Å². The van der Waals surface area contributed by atoms with E-state index in [0.717, 1.165) is 24.5 Å². The van der Waals surface area contributed by atoms with Crippen LogP contribution in [-0.4, -0.2) is 36.6 Å². The van der Waals surface area contributed by atoms with Gasteiger partial charge in [0.1, 0.15) is 0 Å². The fourth-order valence-electron chi connectivity index (χ4n) is 2.55. The van der Waals surface area contributed by atoms with E-state index in [0.29, 0.717) is 0 Å². The minimum atomic E-state index is -0.902. The average Bonchev–Trinajstić information content (AvgIpc) is 2.83. The molecular formula is C15H20N2O3. The van der Waals surface area contributed by atoms with E-state index in [4.69, 9.17) is 5.11 Å². The molecule has 0 radical (unpaired) electrons. The molecule has 1 aromatic carbocycles. The Balaban J connectivity index is 2.14. The summed E-state index contributed by atoms with van der Waals surface area (Å²) in [5.41, 5.74) is 1.88. The Kier molecular flexibility index (Phi) is 4.27. The van der Waals surface area contributed by atoms with Gasteiger partial charge in [-0.1, -0.05) is 0 Å². The number of hydrogen-bond acceptors (Lipinski definition) is 3. The number of hydrogen-bond donors (Lipinski definition) is 1. The molecular weight excluding hydrogens is 256 g/mol. The zero-order chi connectivity index (χ0) is 14.7. The van der Waals surface area contributed by atoms with Crippen LogP contribution in [0.15, 0.2) is 24.3 Å². The number of anilines is 2. The summed E-state index contributed by atoms with van der Waals surface area (Å²) in [5.74, 6) is -1.61. The zero-order valence-electron chi connectivity index (χ0n) is 11.9. The number of carboxylic acid groups (broad SMARTS) is 1. The Hall–Kier alpha value is -2.04. The average molecular weight is 276 g/mol. The van der Waals surface area contributed by atoms with Crippen molar-refractivity contribution in [3.05, 3.63) is 24.3 Å². The summed E-state index contributed by atoms with van der Waals surface area (Å²) < 4.78 is 0. The monoisotopic (exact) mass is 276 g/mol. The van der Waals surface area contributed by atoms with Crippen LogP contribution < -0.4 is 9.80 Å². The van der Waals surface area contributed by atoms with Crippen molar-refractivity contribution in [2.75, 3.05) is 29.4 Å². The zero-order valence-corrected chi connectivity index (χ0v) is 11.9. The Labute approximate surface area is 118 Å². The largest absolute Gasteiger partial charge is 0.481 e. The van der Waals surface area contributed by atoms with E-state index in [1.165, 1.54) is 0 Å². The van der Waals surface area contributed by atoms with Crippen molar-refractivity contribution >= 4 is 23.3 Å². The van der Waals surface area contributed by atoms with Gasteiger partial charge in [0, 0.05) is 37.4 Å². The second kappa shape index (κ2) is 5.94. The molecule has 5 nitrogen and oxygen atoms in total. The second-order valence-electron chi connectivity index (χ2n) is 4.93. The minimum Gasteiger partial charge on any atom is -0.481 e. The van der Waals surface area contributed by atoms with Crippen LogP contribution >= 0.6 is 0 Å². The van der Waals surface area contributed by atoms with E-state index < -0.39 is 11.9 Å². The molecule has 1 saturated heterocycles. The highest BCUT2D eigenvalue weighted by Gasteiger charge is 2.34. The van der Waals surface area contributed by atoms with Crippen molar-refractivity contribution in [3.63, 3.8) is 0 Å². The van der Waals surface area contributed by atoms with Crippen molar-refractivity contribution in [2.24, 2.45) is 5.92 Å². The summed E-state index contributed by atoms with van der Waals surface area (Å²) in [6.45, 7) is 6.32. The molecule has 2 rings (SSSR count). The Bertz CT molecular complexity index is 494. The number of carbonyl (C=O) groups excluding carboxylic acids is 1. The van der Waals surface area contributed by atoms with Crippen molar-refractivity contribution in [1.82, 2.24) is 0 Å². The van der Waals surface area contributed by atoms with E-state index in [1.54, 1.807) is 4.90 Å². The molecule has 108 valence electrons. The number of benzene rings is 1. The number of aliphatic carboxylic acids is 1. The third-order valence-corrected chi connectivity index (χ3v) is 3.76. The Morgan fingerprint density at radius 1 is 1.30 bits per heavy atom. The maximum atomic E-state index is 11.9. The predicted molar refractivity (Wildman–Crippen MR) is 78.1 cm³/mol. The second-order valence-corrected chi connectivity index (χ2v) is 4.93. The first kappa shape index (κ1) is 14.4. The molecule has 0 bridgehead atoms. The molecule has 1 heterocycles. The standard InChI is InChI=1S/C15H20N2O3/c1-3-16(4-2)12-5-7-13(8-6-12)17-10-11(15(19)20)9-14(17)18/h5-8,11H,3-4,9-10H2,1-2H3,(H,19,20)/t11-/m0/s1. The summed E-state index contributed by atoms with van der Waals surface area (Å²) in [5, 5.41) is 8.99. The van der Waals surface area contributed by atoms with Crippen LogP contribution in [0.1, 0.15) is 20.3 Å². The summed E-state index contributed by atoms with van der Waals surface area (Å²) >= 11 is 0. The fraction of sp³-hybridized carbons (Fsp3) is 0.467. The maximum absolute atomic E-state index is 11.9. The van der Waals surface area contributed by atoms with Gasteiger partial charge >= 0.3 is 5.97 Å². The number of carbonyl (C=O) groups is 2. The first-order chi connectivity index (χ1) is 9.56. The summed E-state index contributed by atoms with van der Waals surface area (Å²) in [7, 11) is 0. The van der Waals surface area contributed by atoms with Gasteiger partial charge in [-0.3, -0.25) is 9.59 Å². The first-order valence-corrected chi connectivity index (χ1v) is 6.95. The van der Waals surface area contributed by atoms with Crippen LogP contribution in [0.4, 0.5) is 11.4 Å². The van der Waals surface area contributed by atoms with Gasteiger partial charge in [-0.05, 0) is 38.1 Å². The lowest BCUT2D eigenvalue weighted by atomic mass is 10.1. The molecule has 0 aromatic heterocycles. The highest BCUT2D eigenvalue weighted by atomic mass is 16.4. The van der Waals surface area contributed by atoms with Gasteiger partial charge in [-0.15, -0.1) is 0 Å². The lowest BCUT2D eigenvalue weighted by molar-refractivity contribution is -0.141. The van der Waals surface area contributed by atoms with Gasteiger partial charge in [0.15, 0.2) is 0 Å². The van der Waals surface area contributed by atoms with Crippen LogP contribution in [0.2, 0.25) is 0 Å². The SMILES string of the molecule is CCN(CC)c1ccc(N2C[C@@H](C(=O)O)CC2=O)cc1. The summed E-state index contributed by atoms with van der Waals surface area (Å²) in [6.07, 6.45) is 0.0904. The van der Waals surface area contributed by atoms with E-state index in [-0.39, 0.29) is 18.9 Å².